The van der Waals surface area contributed by atoms with Crippen LogP contribution in [0.2, 0.25) is 0 Å². The molecule has 1 heterocycles. The van der Waals surface area contributed by atoms with Crippen LogP contribution in [0.3, 0.4) is 0 Å². The quantitative estimate of drug-likeness (QED) is 0.0648. The van der Waals surface area contributed by atoms with Crippen LogP contribution < -0.4 is 5.32 Å². The first kappa shape index (κ1) is 39.4. The Morgan fingerprint density at radius 3 is 1.81 bits per heavy atom. The van der Waals surface area contributed by atoms with Gasteiger partial charge in [-0.3, -0.25) is 4.79 Å². The van der Waals surface area contributed by atoms with Crippen LogP contribution in [0, 0.1) is 0 Å². The average molecular weight is 612 g/mol. The van der Waals surface area contributed by atoms with Gasteiger partial charge in [-0.2, -0.15) is 0 Å². The number of carbonyl (C=O) groups is 1. The van der Waals surface area contributed by atoms with Gasteiger partial charge in [-0.1, -0.05) is 108 Å². The minimum Gasteiger partial charge on any atom is -0.394 e. The molecule has 7 unspecified atom stereocenters. The van der Waals surface area contributed by atoms with E-state index in [1.165, 1.54) is 84.0 Å². The van der Waals surface area contributed by atoms with Gasteiger partial charge < -0.3 is 40.3 Å². The fraction of sp³-hybridized carbons (Fsp3) is 0.794. The molecule has 1 amide bonds. The van der Waals surface area contributed by atoms with Crippen molar-refractivity contribution in [3.8, 4) is 0 Å². The summed E-state index contributed by atoms with van der Waals surface area (Å²) in [5.74, 6) is -0.370. The van der Waals surface area contributed by atoms with Crippen LogP contribution in [0.5, 0.6) is 0 Å². The van der Waals surface area contributed by atoms with E-state index in [2.05, 4.69) is 36.5 Å². The molecule has 6 N–H and O–H groups in total. The largest absolute Gasteiger partial charge is 0.394 e. The number of allylic oxidation sites excluding steroid dienone is 5. The molecule has 7 atom stereocenters. The van der Waals surface area contributed by atoms with Gasteiger partial charge in [0.15, 0.2) is 6.29 Å². The molecule has 0 aromatic rings. The molecule has 0 aliphatic carbocycles. The molecule has 1 fully saturated rings. The maximum atomic E-state index is 11.6. The molecular weight excluding hydrogens is 550 g/mol. The zero-order chi connectivity index (χ0) is 31.7. The van der Waals surface area contributed by atoms with Gasteiger partial charge in [0, 0.05) is 6.92 Å². The van der Waals surface area contributed by atoms with Gasteiger partial charge in [0.1, 0.15) is 24.4 Å². The van der Waals surface area contributed by atoms with Crippen molar-refractivity contribution in [1.82, 2.24) is 5.32 Å². The second-order valence-electron chi connectivity index (χ2n) is 11.7. The van der Waals surface area contributed by atoms with E-state index in [4.69, 9.17) is 9.47 Å². The third-order valence-corrected chi connectivity index (χ3v) is 7.73. The summed E-state index contributed by atoms with van der Waals surface area (Å²) in [7, 11) is 0. The first-order chi connectivity index (χ1) is 20.8. The Morgan fingerprint density at radius 1 is 0.767 bits per heavy atom. The Labute approximate surface area is 260 Å². The van der Waals surface area contributed by atoms with Crippen LogP contribution in [0.1, 0.15) is 117 Å². The number of unbranched alkanes of at least 4 members (excludes halogenated alkanes) is 13. The normalized spacial score (nSPS) is 24.3. The number of carbonyl (C=O) groups excluding carboxylic acids is 1. The van der Waals surface area contributed by atoms with E-state index in [9.17, 15) is 30.3 Å². The molecule has 1 rings (SSSR count). The summed E-state index contributed by atoms with van der Waals surface area (Å²) in [6.45, 7) is 2.79. The predicted molar refractivity (Wildman–Crippen MR) is 170 cm³/mol. The number of ether oxygens (including phenoxy) is 2. The Balaban J connectivity index is 2.17. The number of hydrogen-bond acceptors (Lipinski definition) is 8. The molecule has 0 aromatic carbocycles. The van der Waals surface area contributed by atoms with Gasteiger partial charge in [-0.15, -0.1) is 0 Å². The summed E-state index contributed by atoms with van der Waals surface area (Å²) >= 11 is 0. The second-order valence-corrected chi connectivity index (χ2v) is 11.7. The molecule has 0 spiro atoms. The molecule has 250 valence electrons. The van der Waals surface area contributed by atoms with Crippen molar-refractivity contribution in [2.45, 2.75) is 159 Å². The zero-order valence-corrected chi connectivity index (χ0v) is 26.7. The van der Waals surface area contributed by atoms with Gasteiger partial charge >= 0.3 is 0 Å². The maximum Gasteiger partial charge on any atom is 0.217 e. The smallest absolute Gasteiger partial charge is 0.217 e. The van der Waals surface area contributed by atoms with Gasteiger partial charge in [-0.05, 0) is 38.5 Å². The number of rotatable bonds is 25. The second kappa shape index (κ2) is 25.7. The van der Waals surface area contributed by atoms with Gasteiger partial charge in [-0.25, -0.2) is 0 Å². The molecule has 9 nitrogen and oxygen atoms in total. The van der Waals surface area contributed by atoms with E-state index < -0.39 is 49.5 Å². The molecule has 9 heteroatoms. The van der Waals surface area contributed by atoms with Crippen molar-refractivity contribution in [3.63, 3.8) is 0 Å². The van der Waals surface area contributed by atoms with E-state index in [1.807, 2.05) is 6.08 Å². The number of aliphatic hydroxyl groups excluding tert-OH is 5. The lowest BCUT2D eigenvalue weighted by molar-refractivity contribution is -0.302. The van der Waals surface area contributed by atoms with Crippen molar-refractivity contribution < 1.29 is 39.8 Å². The van der Waals surface area contributed by atoms with Crippen LogP contribution in [-0.2, 0) is 14.3 Å². The Morgan fingerprint density at radius 2 is 1.28 bits per heavy atom. The topological polar surface area (TPSA) is 149 Å². The van der Waals surface area contributed by atoms with Crippen LogP contribution >= 0.6 is 0 Å². The summed E-state index contributed by atoms with van der Waals surface area (Å²) < 4.78 is 10.8. The van der Waals surface area contributed by atoms with Crippen molar-refractivity contribution in [1.29, 1.82) is 0 Å². The van der Waals surface area contributed by atoms with Crippen molar-refractivity contribution in [2.75, 3.05) is 13.2 Å². The summed E-state index contributed by atoms with van der Waals surface area (Å²) in [6, 6.07) is -0.825. The molecule has 0 saturated carbocycles. The van der Waals surface area contributed by atoms with Crippen molar-refractivity contribution in [3.05, 3.63) is 36.5 Å². The standard InChI is InChI=1S/C34H61NO8/c1-3-4-5-6-7-8-9-10-11-12-13-14-15-16-17-18-19-20-21-22-23-24-29(38)28(35-27(2)37)26-42-34-33(41)32(40)31(39)30(25-36)43-34/h15-16,19-20,23-24,28-34,36,38-41H,3-14,17-18,21-22,25-26H2,1-2H3,(H,35,37)/b16-15+,20-19+,24-23+. The monoisotopic (exact) mass is 611 g/mol. The lowest BCUT2D eigenvalue weighted by atomic mass is 9.99. The summed E-state index contributed by atoms with van der Waals surface area (Å²) in [4.78, 5) is 11.6. The third-order valence-electron chi connectivity index (χ3n) is 7.73. The van der Waals surface area contributed by atoms with Crippen LogP contribution in [0.4, 0.5) is 0 Å². The number of amides is 1. The molecule has 43 heavy (non-hydrogen) atoms. The van der Waals surface area contributed by atoms with Crippen LogP contribution in [-0.4, -0.2) is 87.5 Å². The molecule has 1 aliphatic rings. The van der Waals surface area contributed by atoms with Crippen LogP contribution in [0.25, 0.3) is 0 Å². The molecule has 0 radical (unpaired) electrons. The lowest BCUT2D eigenvalue weighted by Gasteiger charge is -2.40. The van der Waals surface area contributed by atoms with Crippen molar-refractivity contribution in [2.24, 2.45) is 0 Å². The lowest BCUT2D eigenvalue weighted by Crippen LogP contribution is -2.60. The minimum absolute atomic E-state index is 0.222. The predicted octanol–water partition coefficient (Wildman–Crippen LogP) is 4.60. The Bertz CT molecular complexity index is 771. The molecule has 0 aromatic heterocycles. The van der Waals surface area contributed by atoms with Gasteiger partial charge in [0.2, 0.25) is 5.91 Å². The van der Waals surface area contributed by atoms with E-state index in [0.717, 1.165) is 25.7 Å². The summed E-state index contributed by atoms with van der Waals surface area (Å²) in [6.07, 6.45) is 24.0. The van der Waals surface area contributed by atoms with Gasteiger partial charge in [0.25, 0.3) is 0 Å². The Hall–Kier alpha value is -1.59. The fourth-order valence-corrected chi connectivity index (χ4v) is 5.04. The fourth-order valence-electron chi connectivity index (χ4n) is 5.04. The van der Waals surface area contributed by atoms with E-state index in [0.29, 0.717) is 0 Å². The van der Waals surface area contributed by atoms with E-state index in [1.54, 1.807) is 6.08 Å². The molecule has 1 aliphatic heterocycles. The summed E-state index contributed by atoms with van der Waals surface area (Å²) in [5.41, 5.74) is 0. The summed E-state index contributed by atoms with van der Waals surface area (Å²) in [5, 5.41) is 52.4. The highest BCUT2D eigenvalue weighted by atomic mass is 16.7. The highest BCUT2D eigenvalue weighted by molar-refractivity contribution is 5.73. The van der Waals surface area contributed by atoms with E-state index >= 15 is 0 Å². The van der Waals surface area contributed by atoms with Crippen molar-refractivity contribution >= 4 is 5.91 Å². The highest BCUT2D eigenvalue weighted by Gasteiger charge is 2.44. The Kier molecular flexibility index (Phi) is 23.6. The minimum atomic E-state index is -1.57. The molecule has 0 bridgehead atoms. The number of aliphatic hydroxyl groups is 5. The molecule has 1 saturated heterocycles. The maximum absolute atomic E-state index is 11.6. The SMILES string of the molecule is CCCCCCCCCCCCC/C=C/CC/C=C/CC/C=C/C(O)C(COC1OC(CO)C(O)C(O)C1O)NC(C)=O. The zero-order valence-electron chi connectivity index (χ0n) is 26.7. The first-order valence-corrected chi connectivity index (χ1v) is 16.7. The van der Waals surface area contributed by atoms with E-state index in [-0.39, 0.29) is 12.5 Å². The number of nitrogens with one attached hydrogen (secondary N) is 1. The average Bonchev–Trinajstić information content (AvgIpc) is 2.99. The number of hydrogen-bond donors (Lipinski definition) is 6. The third kappa shape index (κ3) is 18.7. The molecular formula is C34H61NO8. The highest BCUT2D eigenvalue weighted by Crippen LogP contribution is 2.22. The van der Waals surface area contributed by atoms with Gasteiger partial charge in [0.05, 0.1) is 25.4 Å². The first-order valence-electron chi connectivity index (χ1n) is 16.7. The van der Waals surface area contributed by atoms with Crippen LogP contribution in [0.15, 0.2) is 36.5 Å².